The zero-order valence-electron chi connectivity index (χ0n) is 8.53. The minimum absolute atomic E-state index is 0.755. The molecule has 0 atom stereocenters. The van der Waals surface area contributed by atoms with E-state index < -0.39 is 0 Å². The maximum atomic E-state index is 8.66. The average Bonchev–Trinajstić information content (AvgIpc) is 2.70. The number of rotatable bonds is 1. The summed E-state index contributed by atoms with van der Waals surface area (Å²) in [4.78, 5) is 5.65. The summed E-state index contributed by atoms with van der Waals surface area (Å²) in [7, 11) is 0. The van der Waals surface area contributed by atoms with Gasteiger partial charge in [-0.05, 0) is 31.4 Å². The fourth-order valence-corrected chi connectivity index (χ4v) is 2.14. The van der Waals surface area contributed by atoms with Crippen molar-refractivity contribution in [2.75, 3.05) is 13.1 Å². The van der Waals surface area contributed by atoms with Crippen molar-refractivity contribution in [1.29, 1.82) is 0 Å². The fourth-order valence-electron chi connectivity index (χ4n) is 2.14. The summed E-state index contributed by atoms with van der Waals surface area (Å²) in [5, 5.41) is 0. The monoisotopic (exact) mass is 189 g/mol. The molecule has 1 fully saturated rings. The van der Waals surface area contributed by atoms with E-state index in [9.17, 15) is 0 Å². The Morgan fingerprint density at radius 1 is 1.29 bits per heavy atom. The summed E-state index contributed by atoms with van der Waals surface area (Å²) in [6.45, 7) is 4.45. The van der Waals surface area contributed by atoms with E-state index in [0.29, 0.717) is 0 Å². The Bertz CT molecular complexity index is 340. The van der Waals surface area contributed by atoms with Crippen molar-refractivity contribution in [2.24, 2.45) is 0 Å². The van der Waals surface area contributed by atoms with E-state index in [0.717, 1.165) is 12.1 Å². The van der Waals surface area contributed by atoms with Gasteiger partial charge in [-0.3, -0.25) is 0 Å². The molecule has 0 radical (unpaired) electrons. The van der Waals surface area contributed by atoms with Crippen LogP contribution in [0.3, 0.4) is 0 Å². The van der Waals surface area contributed by atoms with Crippen LogP contribution >= 0.6 is 0 Å². The summed E-state index contributed by atoms with van der Waals surface area (Å²) in [5.41, 5.74) is 12.1. The molecule has 1 saturated heterocycles. The van der Waals surface area contributed by atoms with Crippen molar-refractivity contribution >= 4 is 5.71 Å². The molecule has 2 aliphatic rings. The number of nitrogens with zero attached hydrogens (tertiary/aromatic N) is 3. The van der Waals surface area contributed by atoms with E-state index in [1.165, 1.54) is 37.2 Å². The Hall–Kier alpha value is -1.34. The van der Waals surface area contributed by atoms with E-state index in [2.05, 4.69) is 22.7 Å². The number of allylic oxidation sites excluding steroid dienone is 3. The van der Waals surface area contributed by atoms with E-state index in [4.69, 9.17) is 5.53 Å². The van der Waals surface area contributed by atoms with Gasteiger partial charge in [0.1, 0.15) is 0 Å². The molecule has 0 amide bonds. The molecule has 0 spiro atoms. The molecule has 3 heteroatoms. The SMILES string of the molecule is CC1=C(N2CCCC2)C=CC(=[N+]=[N-])C1. The van der Waals surface area contributed by atoms with Gasteiger partial charge in [0, 0.05) is 24.9 Å². The molecular weight excluding hydrogens is 174 g/mol. The molecule has 1 aliphatic heterocycles. The second kappa shape index (κ2) is 3.81. The highest BCUT2D eigenvalue weighted by Gasteiger charge is 2.20. The van der Waals surface area contributed by atoms with Crippen LogP contribution in [0.25, 0.3) is 5.53 Å². The lowest BCUT2D eigenvalue weighted by molar-refractivity contribution is -0.00569. The molecule has 0 aromatic rings. The Balaban J connectivity index is 2.20. The van der Waals surface area contributed by atoms with Crippen LogP contribution in [0.4, 0.5) is 0 Å². The molecule has 0 saturated carbocycles. The highest BCUT2D eigenvalue weighted by molar-refractivity contribution is 5.93. The second-order valence-electron chi connectivity index (χ2n) is 3.96. The molecule has 14 heavy (non-hydrogen) atoms. The van der Waals surface area contributed by atoms with Gasteiger partial charge in [0.15, 0.2) is 0 Å². The van der Waals surface area contributed by atoms with Gasteiger partial charge in [0.05, 0.1) is 6.42 Å². The van der Waals surface area contributed by atoms with Gasteiger partial charge < -0.3 is 10.4 Å². The first-order chi connectivity index (χ1) is 6.81. The van der Waals surface area contributed by atoms with Crippen molar-refractivity contribution in [2.45, 2.75) is 26.2 Å². The summed E-state index contributed by atoms with van der Waals surface area (Å²) in [6.07, 6.45) is 7.34. The molecule has 0 aromatic heterocycles. The van der Waals surface area contributed by atoms with Crippen LogP contribution in [0.5, 0.6) is 0 Å². The summed E-state index contributed by atoms with van der Waals surface area (Å²) >= 11 is 0. The maximum absolute atomic E-state index is 8.66. The third kappa shape index (κ3) is 1.64. The van der Waals surface area contributed by atoms with Crippen LogP contribution in [0.1, 0.15) is 26.2 Å². The molecule has 0 N–H and O–H groups in total. The van der Waals surface area contributed by atoms with Crippen LogP contribution in [0.2, 0.25) is 0 Å². The number of hydrogen-bond acceptors (Lipinski definition) is 1. The lowest BCUT2D eigenvalue weighted by Gasteiger charge is -2.22. The van der Waals surface area contributed by atoms with E-state index in [-0.39, 0.29) is 0 Å². The minimum atomic E-state index is 0.755. The predicted molar refractivity (Wildman–Crippen MR) is 55.9 cm³/mol. The van der Waals surface area contributed by atoms with Crippen molar-refractivity contribution < 1.29 is 4.79 Å². The minimum Gasteiger partial charge on any atom is -0.372 e. The first-order valence-electron chi connectivity index (χ1n) is 5.15. The van der Waals surface area contributed by atoms with Gasteiger partial charge in [0.2, 0.25) is 0 Å². The highest BCUT2D eigenvalue weighted by Crippen LogP contribution is 2.23. The Morgan fingerprint density at radius 3 is 2.57 bits per heavy atom. The molecule has 3 nitrogen and oxygen atoms in total. The van der Waals surface area contributed by atoms with Crippen LogP contribution < -0.4 is 0 Å². The van der Waals surface area contributed by atoms with Crippen LogP contribution in [0.15, 0.2) is 23.4 Å². The molecule has 74 valence electrons. The fraction of sp³-hybridized carbons (Fsp3) is 0.545. The van der Waals surface area contributed by atoms with Crippen molar-refractivity contribution in [1.82, 2.24) is 4.90 Å². The topological polar surface area (TPSA) is 39.6 Å². The lowest BCUT2D eigenvalue weighted by atomic mass is 10.0. The normalized spacial score (nSPS) is 21.8. The third-order valence-electron chi connectivity index (χ3n) is 2.89. The molecule has 1 heterocycles. The summed E-state index contributed by atoms with van der Waals surface area (Å²) < 4.78 is 0. The molecule has 0 aromatic carbocycles. The van der Waals surface area contributed by atoms with Gasteiger partial charge in [-0.15, -0.1) is 0 Å². The summed E-state index contributed by atoms with van der Waals surface area (Å²) in [6, 6.07) is 0. The smallest absolute Gasteiger partial charge is 0.296 e. The largest absolute Gasteiger partial charge is 0.372 e. The molecule has 0 bridgehead atoms. The third-order valence-corrected chi connectivity index (χ3v) is 2.89. The maximum Gasteiger partial charge on any atom is 0.296 e. The van der Waals surface area contributed by atoms with Gasteiger partial charge in [-0.25, -0.2) is 0 Å². The first-order valence-corrected chi connectivity index (χ1v) is 5.15. The van der Waals surface area contributed by atoms with Crippen molar-refractivity contribution in [3.63, 3.8) is 0 Å². The Kier molecular flexibility index (Phi) is 2.51. The lowest BCUT2D eigenvalue weighted by Crippen LogP contribution is -2.21. The second-order valence-corrected chi connectivity index (χ2v) is 3.96. The zero-order valence-corrected chi connectivity index (χ0v) is 8.53. The quantitative estimate of drug-likeness (QED) is 0.459. The summed E-state index contributed by atoms with van der Waals surface area (Å²) in [5.74, 6) is 0. The first kappa shape index (κ1) is 9.22. The van der Waals surface area contributed by atoms with Gasteiger partial charge in [0.25, 0.3) is 5.71 Å². The van der Waals surface area contributed by atoms with E-state index in [1.807, 2.05) is 6.08 Å². The Morgan fingerprint density at radius 2 is 2.00 bits per heavy atom. The molecular formula is C11H15N3. The van der Waals surface area contributed by atoms with Crippen LogP contribution in [-0.2, 0) is 0 Å². The van der Waals surface area contributed by atoms with Crippen LogP contribution in [0, 0.1) is 0 Å². The Labute approximate surface area is 84.3 Å². The zero-order chi connectivity index (χ0) is 9.97. The number of hydrogen-bond donors (Lipinski definition) is 0. The highest BCUT2D eigenvalue weighted by atomic mass is 15.1. The standard InChI is InChI=1S/C11H15N3/c1-9-8-10(13-12)4-5-11(9)14-6-2-3-7-14/h4-5H,2-3,6-8H2,1H3. The molecule has 0 unspecified atom stereocenters. The van der Waals surface area contributed by atoms with E-state index in [1.54, 1.807) is 0 Å². The van der Waals surface area contributed by atoms with Gasteiger partial charge in [-0.1, -0.05) is 0 Å². The predicted octanol–water partition coefficient (Wildman–Crippen LogP) is 1.99. The molecule has 2 rings (SSSR count). The number of likely N-dealkylation sites (tertiary alicyclic amines) is 1. The average molecular weight is 189 g/mol. The molecule has 1 aliphatic carbocycles. The van der Waals surface area contributed by atoms with E-state index >= 15 is 0 Å². The van der Waals surface area contributed by atoms with Crippen molar-refractivity contribution in [3.05, 3.63) is 29.0 Å². The van der Waals surface area contributed by atoms with Gasteiger partial charge >= 0.3 is 0 Å². The van der Waals surface area contributed by atoms with Crippen LogP contribution in [-0.4, -0.2) is 28.5 Å². The van der Waals surface area contributed by atoms with Gasteiger partial charge in [-0.2, -0.15) is 4.79 Å². The van der Waals surface area contributed by atoms with Crippen molar-refractivity contribution in [3.8, 4) is 0 Å².